The van der Waals surface area contributed by atoms with E-state index in [0.29, 0.717) is 30.3 Å². The van der Waals surface area contributed by atoms with E-state index in [1.54, 1.807) is 22.2 Å². The molecule has 0 spiro atoms. The van der Waals surface area contributed by atoms with E-state index in [9.17, 15) is 24.4 Å². The molecule has 5 aromatic rings. The molecule has 4 atom stereocenters. The molecule has 0 radical (unpaired) electrons. The zero-order valence-electron chi connectivity index (χ0n) is 33.6. The van der Waals surface area contributed by atoms with Crippen molar-refractivity contribution in [1.82, 2.24) is 40.4 Å². The van der Waals surface area contributed by atoms with Crippen molar-refractivity contribution in [2.24, 2.45) is 11.8 Å². The van der Waals surface area contributed by atoms with Crippen molar-refractivity contribution in [2.45, 2.75) is 77.5 Å². The first kappa shape index (κ1) is 39.8. The minimum absolute atomic E-state index is 0.133. The van der Waals surface area contributed by atoms with Gasteiger partial charge in [-0.05, 0) is 71.9 Å². The SMILES string of the molecule is COC(=O)NC(C(=O)N1CCC[C@H]1c1ncc(-c2ccc3c(c2)cc(C#N)c2cc(-c4cnc([C@@H]5CCCN5C(=O)[C@@H](NC(=O)OC)C(C)C)[nH]4)ccc23)[nH]1)C(C)C. The zero-order chi connectivity index (χ0) is 41.2. The van der Waals surface area contributed by atoms with Gasteiger partial charge in [0.15, 0.2) is 0 Å². The highest BCUT2D eigenvalue weighted by molar-refractivity contribution is 6.11. The smallest absolute Gasteiger partial charge is 0.407 e. The van der Waals surface area contributed by atoms with Crippen LogP contribution in [0.1, 0.15) is 82.7 Å². The number of ether oxygens (including phenoxy) is 2. The molecule has 0 bridgehead atoms. The second-order valence-corrected chi connectivity index (χ2v) is 15.7. The van der Waals surface area contributed by atoms with Crippen molar-refractivity contribution in [1.29, 1.82) is 5.26 Å². The largest absolute Gasteiger partial charge is 0.453 e. The maximum Gasteiger partial charge on any atom is 0.407 e. The van der Waals surface area contributed by atoms with E-state index in [-0.39, 0.29) is 35.7 Å². The number of imidazole rings is 2. The molecule has 58 heavy (non-hydrogen) atoms. The van der Waals surface area contributed by atoms with Gasteiger partial charge in [-0.3, -0.25) is 9.59 Å². The van der Waals surface area contributed by atoms with Crippen LogP contribution in [0.4, 0.5) is 9.59 Å². The summed E-state index contributed by atoms with van der Waals surface area (Å²) in [5.74, 6) is 0.727. The Morgan fingerprint density at radius 1 is 0.724 bits per heavy atom. The number of hydrogen-bond acceptors (Lipinski definition) is 9. The lowest BCUT2D eigenvalue weighted by Gasteiger charge is -2.30. The predicted octanol–water partition coefficient (Wildman–Crippen LogP) is 6.73. The molecule has 15 heteroatoms. The number of likely N-dealkylation sites (tertiary alicyclic amines) is 2. The van der Waals surface area contributed by atoms with E-state index in [4.69, 9.17) is 19.4 Å². The Hall–Kier alpha value is -6.43. The Morgan fingerprint density at radius 2 is 1.21 bits per heavy atom. The first-order valence-electron chi connectivity index (χ1n) is 19.7. The van der Waals surface area contributed by atoms with E-state index in [2.05, 4.69) is 26.7 Å². The van der Waals surface area contributed by atoms with E-state index in [1.807, 2.05) is 70.2 Å². The van der Waals surface area contributed by atoms with Crippen molar-refractivity contribution in [2.75, 3.05) is 27.3 Å². The number of carbonyl (C=O) groups is 4. The molecule has 302 valence electrons. The highest BCUT2D eigenvalue weighted by Crippen LogP contribution is 2.37. The number of rotatable bonds is 10. The Labute approximate surface area is 336 Å². The molecule has 15 nitrogen and oxygen atoms in total. The van der Waals surface area contributed by atoms with E-state index in [0.717, 1.165) is 69.7 Å². The molecule has 7 rings (SSSR count). The fraction of sp³-hybridized carbons (Fsp3) is 0.419. The molecule has 4 heterocycles. The minimum atomic E-state index is -0.725. The predicted molar refractivity (Wildman–Crippen MR) is 217 cm³/mol. The number of fused-ring (bicyclic) bond motifs is 3. The van der Waals surface area contributed by atoms with E-state index in [1.165, 1.54) is 14.2 Å². The summed E-state index contributed by atoms with van der Waals surface area (Å²) in [6.07, 6.45) is 5.33. The van der Waals surface area contributed by atoms with Gasteiger partial charge in [-0.25, -0.2) is 19.6 Å². The van der Waals surface area contributed by atoms with E-state index < -0.39 is 24.3 Å². The Kier molecular flexibility index (Phi) is 11.4. The molecule has 2 aliphatic heterocycles. The topological polar surface area (TPSA) is 198 Å². The molecule has 0 aliphatic carbocycles. The lowest BCUT2D eigenvalue weighted by Crippen LogP contribution is -2.51. The molecule has 4 N–H and O–H groups in total. The standard InChI is InChI=1S/C43H49N9O6/c1-23(2)36(49-42(55)57-5)40(53)51-15-7-9-34(51)38-45-21-32(47-38)25-11-13-29-27(17-25)18-28(20-44)31-19-26(12-14-30(29)31)33-22-46-39(48-33)35-10-8-16-52(35)41(54)37(24(3)4)50-43(56)58-6/h11-14,17-19,21-24,34-37H,7-10,15-16H2,1-6H3,(H,45,47)(H,46,48)(H,49,55)(H,50,56)/t34-,35-,36?,37-/m0/s1. The van der Waals surface area contributed by atoms with Crippen LogP contribution < -0.4 is 10.6 Å². The van der Waals surface area contributed by atoms with Crippen LogP contribution in [0.3, 0.4) is 0 Å². The summed E-state index contributed by atoms with van der Waals surface area (Å²) in [6, 6.07) is 14.4. The van der Waals surface area contributed by atoms with Gasteiger partial charge in [0, 0.05) is 29.6 Å². The number of carbonyl (C=O) groups excluding carboxylic acids is 4. The second kappa shape index (κ2) is 16.6. The molecule has 0 saturated carbocycles. The highest BCUT2D eigenvalue weighted by Gasteiger charge is 2.39. The van der Waals surface area contributed by atoms with Crippen molar-refractivity contribution < 1.29 is 28.7 Å². The molecule has 2 fully saturated rings. The molecule has 1 unspecified atom stereocenters. The quantitative estimate of drug-likeness (QED) is 0.111. The van der Waals surface area contributed by atoms with Crippen molar-refractivity contribution in [3.8, 4) is 28.6 Å². The zero-order valence-corrected chi connectivity index (χ0v) is 33.6. The fourth-order valence-corrected chi connectivity index (χ4v) is 8.28. The molecule has 2 aromatic heterocycles. The number of benzene rings is 3. The summed E-state index contributed by atoms with van der Waals surface area (Å²) in [5, 5.41) is 19.3. The van der Waals surface area contributed by atoms with Crippen LogP contribution in [0.5, 0.6) is 0 Å². The summed E-state index contributed by atoms with van der Waals surface area (Å²) in [4.78, 5) is 71.1. The van der Waals surface area contributed by atoms with Gasteiger partial charge in [-0.15, -0.1) is 0 Å². The monoisotopic (exact) mass is 787 g/mol. The number of aromatic nitrogens is 4. The van der Waals surface area contributed by atoms with Gasteiger partial charge >= 0.3 is 12.2 Å². The summed E-state index contributed by atoms with van der Waals surface area (Å²) in [5.41, 5.74) is 3.82. The van der Waals surface area contributed by atoms with E-state index >= 15 is 0 Å². The summed E-state index contributed by atoms with van der Waals surface area (Å²) >= 11 is 0. The average molecular weight is 788 g/mol. The van der Waals surface area contributed by atoms with Crippen LogP contribution in [0, 0.1) is 23.2 Å². The summed E-state index contributed by atoms with van der Waals surface area (Å²) in [7, 11) is 2.56. The van der Waals surface area contributed by atoms with Crippen LogP contribution in [0.15, 0.2) is 54.9 Å². The van der Waals surface area contributed by atoms with Gasteiger partial charge in [0.1, 0.15) is 23.7 Å². The van der Waals surface area contributed by atoms with Gasteiger partial charge in [-0.2, -0.15) is 5.26 Å². The third kappa shape index (κ3) is 7.66. The number of H-pyrrole nitrogens is 2. The van der Waals surface area contributed by atoms with Gasteiger partial charge in [0.05, 0.1) is 61.7 Å². The Morgan fingerprint density at radius 3 is 1.67 bits per heavy atom. The third-order valence-electron chi connectivity index (χ3n) is 11.4. The number of aromatic amines is 2. The average Bonchev–Trinajstić information content (AvgIpc) is 4.07. The van der Waals surface area contributed by atoms with Gasteiger partial charge in [0.25, 0.3) is 0 Å². The van der Waals surface area contributed by atoms with Crippen LogP contribution in [-0.2, 0) is 19.1 Å². The fourth-order valence-electron chi connectivity index (χ4n) is 8.28. The van der Waals surface area contributed by atoms with Gasteiger partial charge in [-0.1, -0.05) is 52.0 Å². The maximum atomic E-state index is 13.6. The van der Waals surface area contributed by atoms with Crippen molar-refractivity contribution in [3.63, 3.8) is 0 Å². The first-order valence-corrected chi connectivity index (χ1v) is 19.7. The molecule has 2 saturated heterocycles. The normalized spacial score (nSPS) is 17.8. The number of nitrogens with one attached hydrogen (secondary N) is 4. The minimum Gasteiger partial charge on any atom is -0.453 e. The lowest BCUT2D eigenvalue weighted by molar-refractivity contribution is -0.136. The summed E-state index contributed by atoms with van der Waals surface area (Å²) < 4.78 is 9.53. The highest BCUT2D eigenvalue weighted by atomic mass is 16.5. The summed E-state index contributed by atoms with van der Waals surface area (Å²) in [6.45, 7) is 8.66. The number of nitriles is 1. The molecule has 2 aliphatic rings. The molecular formula is C43H49N9O6. The van der Waals surface area contributed by atoms with Crippen LogP contribution in [0.25, 0.3) is 44.1 Å². The van der Waals surface area contributed by atoms with Gasteiger partial charge in [0.2, 0.25) is 11.8 Å². The van der Waals surface area contributed by atoms with Crippen molar-refractivity contribution >= 4 is 45.5 Å². The number of alkyl carbamates (subject to hydrolysis) is 2. The maximum absolute atomic E-state index is 13.6. The van der Waals surface area contributed by atoms with Crippen LogP contribution in [-0.4, -0.2) is 93.1 Å². The molecule has 4 amide bonds. The number of amides is 4. The van der Waals surface area contributed by atoms with Gasteiger partial charge < -0.3 is 39.9 Å². The number of hydrogen-bond donors (Lipinski definition) is 4. The third-order valence-corrected chi connectivity index (χ3v) is 11.4. The Bertz CT molecular complexity index is 2410. The first-order chi connectivity index (χ1) is 27.9. The Balaban J connectivity index is 1.12. The lowest BCUT2D eigenvalue weighted by atomic mass is 9.94. The van der Waals surface area contributed by atoms with Crippen LogP contribution >= 0.6 is 0 Å². The molecule has 3 aromatic carbocycles. The number of nitrogens with zero attached hydrogens (tertiary/aromatic N) is 5. The molecular weight excluding hydrogens is 739 g/mol. The number of methoxy groups -OCH3 is 2. The van der Waals surface area contributed by atoms with Crippen molar-refractivity contribution in [3.05, 3.63) is 72.1 Å². The second-order valence-electron chi connectivity index (χ2n) is 15.7. The van der Waals surface area contributed by atoms with Crippen LogP contribution in [0.2, 0.25) is 0 Å².